The largest absolute Gasteiger partial charge is 0.491 e. The smallest absolute Gasteiger partial charge is 0.255 e. The quantitative estimate of drug-likeness (QED) is 0.861. The minimum Gasteiger partial charge on any atom is -0.491 e. The molecule has 0 aromatic heterocycles. The average molecular weight is 273 g/mol. The summed E-state index contributed by atoms with van der Waals surface area (Å²) in [5.41, 5.74) is 1.09. The van der Waals surface area contributed by atoms with Crippen molar-refractivity contribution < 1.29 is 14.3 Å². The minimum atomic E-state index is -0.159. The Balaban J connectivity index is 1.80. The molecule has 4 heteroatoms. The van der Waals surface area contributed by atoms with Gasteiger partial charge in [-0.3, -0.25) is 9.59 Å². The molecule has 2 aliphatic rings. The zero-order valence-corrected chi connectivity index (χ0v) is 11.5. The van der Waals surface area contributed by atoms with E-state index in [0.29, 0.717) is 42.4 Å². The standard InChI is InChI=1S/C16H19NO3/c18-14(9-11-3-1-2-4-11)12-5-6-15-13(10-12)16(19)17-7-8-20-15/h5-6,10-11H,1-4,7-9H2,(H,17,19). The molecule has 1 aromatic rings. The van der Waals surface area contributed by atoms with E-state index < -0.39 is 0 Å². The van der Waals surface area contributed by atoms with Gasteiger partial charge >= 0.3 is 0 Å². The first-order valence-corrected chi connectivity index (χ1v) is 7.32. The molecular weight excluding hydrogens is 254 g/mol. The van der Waals surface area contributed by atoms with E-state index in [1.54, 1.807) is 18.2 Å². The van der Waals surface area contributed by atoms with Crippen LogP contribution in [0.4, 0.5) is 0 Å². The van der Waals surface area contributed by atoms with E-state index in [1.807, 2.05) is 0 Å². The Labute approximate surface area is 118 Å². The van der Waals surface area contributed by atoms with Crippen LogP contribution < -0.4 is 10.1 Å². The van der Waals surface area contributed by atoms with Crippen molar-refractivity contribution in [2.75, 3.05) is 13.2 Å². The van der Waals surface area contributed by atoms with Gasteiger partial charge in [0.25, 0.3) is 5.91 Å². The number of carbonyl (C=O) groups excluding carboxylic acids is 2. The van der Waals surface area contributed by atoms with Crippen molar-refractivity contribution in [3.63, 3.8) is 0 Å². The van der Waals surface area contributed by atoms with E-state index in [0.717, 1.165) is 12.8 Å². The number of ketones is 1. The third-order valence-corrected chi connectivity index (χ3v) is 4.14. The number of carbonyl (C=O) groups is 2. The molecule has 1 aromatic carbocycles. The predicted molar refractivity (Wildman–Crippen MR) is 75.2 cm³/mol. The lowest BCUT2D eigenvalue weighted by Crippen LogP contribution is -2.24. The third-order valence-electron chi connectivity index (χ3n) is 4.14. The van der Waals surface area contributed by atoms with E-state index >= 15 is 0 Å². The van der Waals surface area contributed by atoms with Gasteiger partial charge in [-0.2, -0.15) is 0 Å². The second kappa shape index (κ2) is 5.65. The number of fused-ring (bicyclic) bond motifs is 1. The molecule has 1 N–H and O–H groups in total. The molecule has 3 rings (SSSR count). The van der Waals surface area contributed by atoms with Crippen molar-refractivity contribution in [2.45, 2.75) is 32.1 Å². The minimum absolute atomic E-state index is 0.136. The van der Waals surface area contributed by atoms with E-state index in [4.69, 9.17) is 4.74 Å². The van der Waals surface area contributed by atoms with Crippen LogP contribution in [0.1, 0.15) is 52.8 Å². The molecule has 20 heavy (non-hydrogen) atoms. The number of benzene rings is 1. The van der Waals surface area contributed by atoms with Crippen molar-refractivity contribution in [3.05, 3.63) is 29.3 Å². The van der Waals surface area contributed by atoms with Crippen molar-refractivity contribution >= 4 is 11.7 Å². The highest BCUT2D eigenvalue weighted by atomic mass is 16.5. The lowest BCUT2D eigenvalue weighted by atomic mass is 9.96. The van der Waals surface area contributed by atoms with Gasteiger partial charge in [0.1, 0.15) is 12.4 Å². The number of rotatable bonds is 3. The van der Waals surface area contributed by atoms with Crippen LogP contribution in [0.2, 0.25) is 0 Å². The Kier molecular flexibility index (Phi) is 3.72. The molecule has 1 saturated carbocycles. The molecule has 0 unspecified atom stereocenters. The number of ether oxygens (including phenoxy) is 1. The van der Waals surface area contributed by atoms with E-state index in [-0.39, 0.29) is 11.7 Å². The molecule has 0 radical (unpaired) electrons. The maximum absolute atomic E-state index is 12.3. The molecule has 4 nitrogen and oxygen atoms in total. The van der Waals surface area contributed by atoms with Gasteiger partial charge < -0.3 is 10.1 Å². The molecule has 1 amide bonds. The SMILES string of the molecule is O=C(CC1CCCC1)c1ccc2c(c1)C(=O)NCCO2. The van der Waals surface area contributed by atoms with Gasteiger partial charge in [0.05, 0.1) is 12.1 Å². The normalized spacial score (nSPS) is 18.9. The molecule has 1 fully saturated rings. The van der Waals surface area contributed by atoms with Crippen molar-refractivity contribution in [3.8, 4) is 5.75 Å². The summed E-state index contributed by atoms with van der Waals surface area (Å²) in [4.78, 5) is 24.2. The maximum Gasteiger partial charge on any atom is 0.255 e. The monoisotopic (exact) mass is 273 g/mol. The molecule has 106 valence electrons. The first-order valence-electron chi connectivity index (χ1n) is 7.32. The molecule has 1 aliphatic heterocycles. The Hall–Kier alpha value is -1.84. The third kappa shape index (κ3) is 2.69. The first-order chi connectivity index (χ1) is 9.74. The first kappa shape index (κ1) is 13.2. The van der Waals surface area contributed by atoms with Crippen LogP contribution in [-0.4, -0.2) is 24.8 Å². The van der Waals surface area contributed by atoms with E-state index in [9.17, 15) is 9.59 Å². The zero-order valence-electron chi connectivity index (χ0n) is 11.5. The second-order valence-electron chi connectivity index (χ2n) is 5.59. The number of nitrogens with one attached hydrogen (secondary N) is 1. The molecule has 0 atom stereocenters. The summed E-state index contributed by atoms with van der Waals surface area (Å²) >= 11 is 0. The highest BCUT2D eigenvalue weighted by Gasteiger charge is 2.22. The summed E-state index contributed by atoms with van der Waals surface area (Å²) < 4.78 is 5.49. The number of hydrogen-bond acceptors (Lipinski definition) is 3. The Bertz CT molecular complexity index is 533. The highest BCUT2D eigenvalue weighted by Crippen LogP contribution is 2.29. The maximum atomic E-state index is 12.3. The van der Waals surface area contributed by atoms with Gasteiger partial charge in [-0.25, -0.2) is 0 Å². The van der Waals surface area contributed by atoms with Crippen LogP contribution in [0.3, 0.4) is 0 Å². The number of hydrogen-bond donors (Lipinski definition) is 1. The van der Waals surface area contributed by atoms with Crippen molar-refractivity contribution in [2.24, 2.45) is 5.92 Å². The fourth-order valence-corrected chi connectivity index (χ4v) is 3.02. The predicted octanol–water partition coefficient (Wildman–Crippen LogP) is 2.57. The number of Topliss-reactive ketones (excluding diaryl/α,β-unsaturated/α-hetero) is 1. The summed E-state index contributed by atoms with van der Waals surface area (Å²) in [6.45, 7) is 0.965. The van der Waals surface area contributed by atoms with Gasteiger partial charge in [-0.05, 0) is 24.1 Å². The molecular formula is C16H19NO3. The Morgan fingerprint density at radius 2 is 2.10 bits per heavy atom. The van der Waals surface area contributed by atoms with Crippen LogP contribution >= 0.6 is 0 Å². The molecule has 1 aliphatic carbocycles. The van der Waals surface area contributed by atoms with Crippen LogP contribution in [-0.2, 0) is 0 Å². The molecule has 0 bridgehead atoms. The number of amides is 1. The second-order valence-corrected chi connectivity index (χ2v) is 5.59. The summed E-state index contributed by atoms with van der Waals surface area (Å²) in [6.07, 6.45) is 5.37. The van der Waals surface area contributed by atoms with Gasteiger partial charge in [-0.15, -0.1) is 0 Å². The molecule has 1 heterocycles. The van der Waals surface area contributed by atoms with E-state index in [1.165, 1.54) is 12.8 Å². The van der Waals surface area contributed by atoms with E-state index in [2.05, 4.69) is 5.32 Å². The Morgan fingerprint density at radius 3 is 2.90 bits per heavy atom. The van der Waals surface area contributed by atoms with Crippen LogP contribution in [0.25, 0.3) is 0 Å². The molecule has 0 spiro atoms. The van der Waals surface area contributed by atoms with Crippen molar-refractivity contribution in [1.82, 2.24) is 5.32 Å². The lowest BCUT2D eigenvalue weighted by molar-refractivity contribution is 0.0957. The van der Waals surface area contributed by atoms with Crippen LogP contribution in [0.15, 0.2) is 18.2 Å². The van der Waals surface area contributed by atoms with Gasteiger partial charge in [0.15, 0.2) is 5.78 Å². The average Bonchev–Trinajstić information content (AvgIpc) is 2.89. The summed E-state index contributed by atoms with van der Waals surface area (Å²) in [6, 6.07) is 5.18. The molecule has 0 saturated heterocycles. The van der Waals surface area contributed by atoms with Gasteiger partial charge in [0, 0.05) is 12.0 Å². The fourth-order valence-electron chi connectivity index (χ4n) is 3.02. The highest BCUT2D eigenvalue weighted by molar-refractivity contribution is 6.02. The van der Waals surface area contributed by atoms with Crippen LogP contribution in [0, 0.1) is 5.92 Å². The van der Waals surface area contributed by atoms with Gasteiger partial charge in [0.2, 0.25) is 0 Å². The topological polar surface area (TPSA) is 55.4 Å². The summed E-state index contributed by atoms with van der Waals surface area (Å²) in [5.74, 6) is 1.06. The fraction of sp³-hybridized carbons (Fsp3) is 0.500. The summed E-state index contributed by atoms with van der Waals surface area (Å²) in [7, 11) is 0. The lowest BCUT2D eigenvalue weighted by Gasteiger charge is -2.10. The summed E-state index contributed by atoms with van der Waals surface area (Å²) in [5, 5.41) is 2.76. The Morgan fingerprint density at radius 1 is 1.30 bits per heavy atom. The van der Waals surface area contributed by atoms with Crippen molar-refractivity contribution in [1.29, 1.82) is 0 Å². The zero-order chi connectivity index (χ0) is 13.9. The van der Waals surface area contributed by atoms with Gasteiger partial charge in [-0.1, -0.05) is 25.7 Å². The van der Waals surface area contributed by atoms with Crippen LogP contribution in [0.5, 0.6) is 5.75 Å².